The molecule has 0 saturated carbocycles. The molecule has 3 nitrogen and oxygen atoms in total. The first kappa shape index (κ1) is 14.4. The molecule has 1 aromatic carbocycles. The molecule has 2 rings (SSSR count). The van der Waals surface area contributed by atoms with Gasteiger partial charge >= 0.3 is 0 Å². The van der Waals surface area contributed by atoms with E-state index in [4.69, 9.17) is 4.74 Å². The van der Waals surface area contributed by atoms with E-state index in [0.717, 1.165) is 29.0 Å². The van der Waals surface area contributed by atoms with E-state index in [0.29, 0.717) is 6.61 Å². The molecule has 0 spiro atoms. The lowest BCUT2D eigenvalue weighted by molar-refractivity contribution is -0.131. The van der Waals surface area contributed by atoms with Crippen LogP contribution in [0.15, 0.2) is 36.9 Å². The van der Waals surface area contributed by atoms with E-state index in [9.17, 15) is 4.79 Å². The molecule has 0 aromatic heterocycles. The fourth-order valence-corrected chi connectivity index (χ4v) is 2.43. The summed E-state index contributed by atoms with van der Waals surface area (Å²) >= 11 is 0. The van der Waals surface area contributed by atoms with Gasteiger partial charge in [-0.2, -0.15) is 0 Å². The molecule has 1 heterocycles. The average Bonchev–Trinajstić information content (AvgIpc) is 2.44. The van der Waals surface area contributed by atoms with E-state index >= 15 is 0 Å². The van der Waals surface area contributed by atoms with Crippen LogP contribution in [0.5, 0.6) is 5.75 Å². The normalized spacial score (nSPS) is 18.8. The van der Waals surface area contributed by atoms with Crippen LogP contribution < -0.4 is 4.74 Å². The van der Waals surface area contributed by atoms with Crippen LogP contribution in [-0.4, -0.2) is 24.5 Å². The van der Waals surface area contributed by atoms with Crippen molar-refractivity contribution in [3.63, 3.8) is 0 Å². The number of ether oxygens (including phenoxy) is 1. The van der Waals surface area contributed by atoms with E-state index < -0.39 is 0 Å². The number of aryl methyl sites for hydroxylation is 1. The maximum Gasteiger partial charge on any atom is 0.229 e. The van der Waals surface area contributed by atoms with Crippen LogP contribution in [0.2, 0.25) is 0 Å². The number of carbonyl (C=O) groups is 1. The molecule has 1 atom stereocenters. The number of rotatable bonds is 4. The molecule has 1 aliphatic heterocycles. The zero-order chi connectivity index (χ0) is 14.7. The van der Waals surface area contributed by atoms with Crippen molar-refractivity contribution in [2.24, 2.45) is 5.92 Å². The van der Waals surface area contributed by atoms with E-state index in [-0.39, 0.29) is 11.8 Å². The highest BCUT2D eigenvalue weighted by Gasteiger charge is 2.25. The van der Waals surface area contributed by atoms with Crippen LogP contribution in [0.25, 0.3) is 5.70 Å². The Bertz CT molecular complexity index is 560. The van der Waals surface area contributed by atoms with Gasteiger partial charge in [-0.3, -0.25) is 4.79 Å². The lowest BCUT2D eigenvalue weighted by Gasteiger charge is -2.29. The number of nitrogens with zero attached hydrogens (tertiary/aromatic N) is 1. The van der Waals surface area contributed by atoms with Gasteiger partial charge in [-0.15, -0.1) is 0 Å². The number of allylic oxidation sites excluding steroid dienone is 1. The van der Waals surface area contributed by atoms with Crippen molar-refractivity contribution in [1.82, 2.24) is 4.90 Å². The first-order valence-corrected chi connectivity index (χ1v) is 6.87. The SMILES string of the molecule is C=CCOc1ccc(C2=CCC(C)C(=O)N2C)c(C)c1. The Balaban J connectivity index is 2.29. The molecule has 0 N–H and O–H groups in total. The topological polar surface area (TPSA) is 29.5 Å². The lowest BCUT2D eigenvalue weighted by Crippen LogP contribution is -2.33. The minimum absolute atomic E-state index is 0.0688. The Morgan fingerprint density at radius 3 is 2.90 bits per heavy atom. The first-order valence-electron chi connectivity index (χ1n) is 6.87. The molecule has 0 saturated heterocycles. The molecule has 0 fully saturated rings. The zero-order valence-electron chi connectivity index (χ0n) is 12.3. The van der Waals surface area contributed by atoms with Crippen LogP contribution in [0.4, 0.5) is 0 Å². The van der Waals surface area contributed by atoms with Crippen molar-refractivity contribution < 1.29 is 9.53 Å². The second-order valence-electron chi connectivity index (χ2n) is 5.20. The number of hydrogen-bond donors (Lipinski definition) is 0. The molecule has 20 heavy (non-hydrogen) atoms. The van der Waals surface area contributed by atoms with Gasteiger partial charge in [-0.1, -0.05) is 25.7 Å². The van der Waals surface area contributed by atoms with Crippen LogP contribution in [-0.2, 0) is 4.79 Å². The Kier molecular flexibility index (Phi) is 4.28. The minimum atomic E-state index is 0.0688. The number of benzene rings is 1. The predicted octanol–water partition coefficient (Wildman–Crippen LogP) is 3.40. The van der Waals surface area contributed by atoms with E-state index in [1.54, 1.807) is 11.0 Å². The summed E-state index contributed by atoms with van der Waals surface area (Å²) in [7, 11) is 1.84. The van der Waals surface area contributed by atoms with Crippen molar-refractivity contribution in [2.45, 2.75) is 20.3 Å². The van der Waals surface area contributed by atoms with E-state index in [2.05, 4.69) is 12.7 Å². The summed E-state index contributed by atoms with van der Waals surface area (Å²) in [5.74, 6) is 1.07. The van der Waals surface area contributed by atoms with Gasteiger partial charge in [0.1, 0.15) is 12.4 Å². The molecule has 0 aliphatic carbocycles. The third kappa shape index (κ3) is 2.77. The molecule has 1 aliphatic rings. The lowest BCUT2D eigenvalue weighted by atomic mass is 9.95. The largest absolute Gasteiger partial charge is 0.490 e. The van der Waals surface area contributed by atoms with Crippen molar-refractivity contribution in [3.05, 3.63) is 48.1 Å². The standard InChI is InChI=1S/C17H21NO2/c1-5-10-20-14-7-8-15(13(3)11-14)16-9-6-12(2)17(19)18(16)4/h5,7-9,11-12H,1,6,10H2,2-4H3. The molecule has 106 valence electrons. The summed E-state index contributed by atoms with van der Waals surface area (Å²) in [5, 5.41) is 0. The highest BCUT2D eigenvalue weighted by Crippen LogP contribution is 2.30. The molecular formula is C17H21NO2. The highest BCUT2D eigenvalue weighted by atomic mass is 16.5. The predicted molar refractivity (Wildman–Crippen MR) is 81.4 cm³/mol. The molecule has 3 heteroatoms. The minimum Gasteiger partial charge on any atom is -0.490 e. The van der Waals surface area contributed by atoms with Gasteiger partial charge in [0.05, 0.1) is 0 Å². The Hall–Kier alpha value is -2.03. The summed E-state index contributed by atoms with van der Waals surface area (Å²) in [5.41, 5.74) is 3.17. The van der Waals surface area contributed by atoms with Crippen LogP contribution in [0, 0.1) is 12.8 Å². The van der Waals surface area contributed by atoms with Crippen LogP contribution >= 0.6 is 0 Å². The van der Waals surface area contributed by atoms with Gasteiger partial charge in [0.15, 0.2) is 0 Å². The third-order valence-electron chi connectivity index (χ3n) is 3.62. The molecule has 0 radical (unpaired) electrons. The molecule has 0 bridgehead atoms. The van der Waals surface area contributed by atoms with Gasteiger partial charge < -0.3 is 9.64 Å². The van der Waals surface area contributed by atoms with Gasteiger partial charge in [0.25, 0.3) is 0 Å². The quantitative estimate of drug-likeness (QED) is 0.785. The highest BCUT2D eigenvalue weighted by molar-refractivity contribution is 5.90. The monoisotopic (exact) mass is 271 g/mol. The second kappa shape index (κ2) is 5.95. The van der Waals surface area contributed by atoms with Crippen LogP contribution in [0.1, 0.15) is 24.5 Å². The molecule has 1 unspecified atom stereocenters. The van der Waals surface area contributed by atoms with Gasteiger partial charge in [0, 0.05) is 24.2 Å². The van der Waals surface area contributed by atoms with Crippen molar-refractivity contribution in [3.8, 4) is 5.75 Å². The zero-order valence-corrected chi connectivity index (χ0v) is 12.3. The van der Waals surface area contributed by atoms with Crippen molar-refractivity contribution in [1.29, 1.82) is 0 Å². The maximum atomic E-state index is 12.1. The van der Waals surface area contributed by atoms with Gasteiger partial charge in [-0.05, 0) is 37.1 Å². The maximum absolute atomic E-state index is 12.1. The average molecular weight is 271 g/mol. The molecular weight excluding hydrogens is 250 g/mol. The fourth-order valence-electron chi connectivity index (χ4n) is 2.43. The summed E-state index contributed by atoms with van der Waals surface area (Å²) in [6, 6.07) is 5.94. The summed E-state index contributed by atoms with van der Waals surface area (Å²) in [4.78, 5) is 13.8. The summed E-state index contributed by atoms with van der Waals surface area (Å²) in [6.45, 7) is 8.13. The second-order valence-corrected chi connectivity index (χ2v) is 5.20. The van der Waals surface area contributed by atoms with Crippen molar-refractivity contribution in [2.75, 3.05) is 13.7 Å². The number of hydrogen-bond acceptors (Lipinski definition) is 2. The molecule has 1 aromatic rings. The van der Waals surface area contributed by atoms with Crippen molar-refractivity contribution >= 4 is 11.6 Å². The van der Waals surface area contributed by atoms with E-state index in [1.165, 1.54) is 0 Å². The smallest absolute Gasteiger partial charge is 0.229 e. The summed E-state index contributed by atoms with van der Waals surface area (Å²) < 4.78 is 5.53. The van der Waals surface area contributed by atoms with Crippen LogP contribution in [0.3, 0.4) is 0 Å². The Morgan fingerprint density at radius 2 is 2.25 bits per heavy atom. The molecule has 1 amide bonds. The van der Waals surface area contributed by atoms with Gasteiger partial charge in [0.2, 0.25) is 5.91 Å². The van der Waals surface area contributed by atoms with Gasteiger partial charge in [-0.25, -0.2) is 0 Å². The first-order chi connectivity index (χ1) is 9.54. The third-order valence-corrected chi connectivity index (χ3v) is 3.62. The Morgan fingerprint density at radius 1 is 1.50 bits per heavy atom. The number of amides is 1. The summed E-state index contributed by atoms with van der Waals surface area (Å²) in [6.07, 6.45) is 4.66. The fraction of sp³-hybridized carbons (Fsp3) is 0.353. The number of carbonyl (C=O) groups excluding carboxylic acids is 1. The van der Waals surface area contributed by atoms with E-state index in [1.807, 2.05) is 39.1 Å². The Labute approximate surface area is 120 Å².